The summed E-state index contributed by atoms with van der Waals surface area (Å²) in [5, 5.41) is 3.02. The number of carbonyl (C=O) groups is 2. The lowest BCUT2D eigenvalue weighted by atomic mass is 9.87. The van der Waals surface area contributed by atoms with Crippen LogP contribution < -0.4 is 16.0 Å². The summed E-state index contributed by atoms with van der Waals surface area (Å²) >= 11 is 0. The zero-order valence-electron chi connectivity index (χ0n) is 17.7. The van der Waals surface area contributed by atoms with Gasteiger partial charge in [-0.05, 0) is 36.1 Å². The minimum absolute atomic E-state index is 0.0268. The molecule has 0 aliphatic carbocycles. The van der Waals surface area contributed by atoms with E-state index in [1.54, 1.807) is 23.1 Å². The number of piperazine rings is 1. The molecular formula is C21H22F4N6O2. The second-order valence-corrected chi connectivity index (χ2v) is 8.08. The number of nitrogens with two attached hydrogens (primary N) is 1. The molecule has 2 unspecified atom stereocenters. The summed E-state index contributed by atoms with van der Waals surface area (Å²) in [6.45, 7) is 2.36. The summed E-state index contributed by atoms with van der Waals surface area (Å²) in [7, 11) is 0. The first-order chi connectivity index (χ1) is 15.6. The molecule has 2 atom stereocenters. The second kappa shape index (κ2) is 8.49. The van der Waals surface area contributed by atoms with Crippen molar-refractivity contribution < 1.29 is 27.2 Å². The molecule has 0 saturated carbocycles. The number of halogens is 4. The highest BCUT2D eigenvalue weighted by Crippen LogP contribution is 2.37. The summed E-state index contributed by atoms with van der Waals surface area (Å²) < 4.78 is 52.8. The van der Waals surface area contributed by atoms with Crippen molar-refractivity contribution in [2.24, 2.45) is 5.73 Å². The third-order valence-electron chi connectivity index (χ3n) is 6.00. The molecule has 8 nitrogen and oxygen atoms in total. The van der Waals surface area contributed by atoms with Gasteiger partial charge in [-0.1, -0.05) is 13.0 Å². The van der Waals surface area contributed by atoms with Crippen molar-refractivity contribution in [2.45, 2.75) is 44.6 Å². The highest BCUT2D eigenvalue weighted by molar-refractivity contribution is 5.93. The van der Waals surface area contributed by atoms with Crippen LogP contribution >= 0.6 is 0 Å². The molecule has 3 aliphatic heterocycles. The average molecular weight is 466 g/mol. The standard InChI is InChI=1S/C21H22F4N6O2/c1-2-11-5-12(17(26)32)3-4-13(11)7-27-20-28-8-16(22)18(29-20)30-9-14-6-15(10-30)31(14)19(33)21(23,24)25/h3-5,8,14-15H,2,6-7,9-10H2,1H3,(H2,26,32)(H,27,28,29). The second-order valence-electron chi connectivity index (χ2n) is 8.08. The van der Waals surface area contributed by atoms with Gasteiger partial charge < -0.3 is 20.9 Å². The summed E-state index contributed by atoms with van der Waals surface area (Å²) in [4.78, 5) is 33.5. The highest BCUT2D eigenvalue weighted by atomic mass is 19.4. The molecule has 12 heteroatoms. The van der Waals surface area contributed by atoms with Gasteiger partial charge >= 0.3 is 12.1 Å². The van der Waals surface area contributed by atoms with E-state index in [0.29, 0.717) is 24.9 Å². The number of rotatable bonds is 6. The number of hydrogen-bond acceptors (Lipinski definition) is 6. The van der Waals surface area contributed by atoms with Gasteiger partial charge in [-0.25, -0.2) is 9.37 Å². The molecule has 3 saturated heterocycles. The van der Waals surface area contributed by atoms with Crippen LogP contribution in [-0.2, 0) is 17.8 Å². The number of fused-ring (bicyclic) bond motifs is 2. The number of aryl methyl sites for hydroxylation is 1. The summed E-state index contributed by atoms with van der Waals surface area (Å²) in [6, 6.07) is 3.81. The Bertz CT molecular complexity index is 1080. The first-order valence-corrected chi connectivity index (χ1v) is 10.4. The maximum absolute atomic E-state index is 14.4. The minimum Gasteiger partial charge on any atom is -0.366 e. The van der Waals surface area contributed by atoms with Crippen molar-refractivity contribution in [3.8, 4) is 0 Å². The van der Waals surface area contributed by atoms with Crippen LogP contribution in [-0.4, -0.2) is 58.0 Å². The van der Waals surface area contributed by atoms with Gasteiger partial charge in [0, 0.05) is 25.2 Å². The fourth-order valence-electron chi connectivity index (χ4n) is 4.38. The molecule has 2 aromatic rings. The molecule has 0 spiro atoms. The van der Waals surface area contributed by atoms with Gasteiger partial charge in [0.2, 0.25) is 11.9 Å². The van der Waals surface area contributed by atoms with Gasteiger partial charge in [0.25, 0.3) is 0 Å². The largest absolute Gasteiger partial charge is 0.471 e. The molecule has 176 valence electrons. The topological polar surface area (TPSA) is 104 Å². The summed E-state index contributed by atoms with van der Waals surface area (Å²) in [5.41, 5.74) is 7.52. The zero-order chi connectivity index (χ0) is 23.9. The van der Waals surface area contributed by atoms with Crippen LogP contribution in [0.3, 0.4) is 0 Å². The van der Waals surface area contributed by atoms with Crippen molar-refractivity contribution in [3.63, 3.8) is 0 Å². The number of hydrogen-bond donors (Lipinski definition) is 2. The van der Waals surface area contributed by atoms with Crippen LogP contribution in [0.15, 0.2) is 24.4 Å². The number of carbonyl (C=O) groups excluding carboxylic acids is 2. The number of anilines is 2. The molecule has 3 fully saturated rings. The summed E-state index contributed by atoms with van der Waals surface area (Å²) in [5.74, 6) is -2.96. The van der Waals surface area contributed by atoms with Gasteiger partial charge in [-0.15, -0.1) is 0 Å². The Morgan fingerprint density at radius 3 is 2.52 bits per heavy atom. The van der Waals surface area contributed by atoms with Crippen LogP contribution in [0.2, 0.25) is 0 Å². The Morgan fingerprint density at radius 1 is 1.21 bits per heavy atom. The van der Waals surface area contributed by atoms with Gasteiger partial charge in [-0.3, -0.25) is 9.59 Å². The number of alkyl halides is 3. The van der Waals surface area contributed by atoms with Gasteiger partial charge in [0.1, 0.15) is 0 Å². The Morgan fingerprint density at radius 2 is 1.91 bits per heavy atom. The van der Waals surface area contributed by atoms with Crippen molar-refractivity contribution in [1.82, 2.24) is 14.9 Å². The van der Waals surface area contributed by atoms with E-state index >= 15 is 0 Å². The molecule has 3 aliphatic rings. The van der Waals surface area contributed by atoms with E-state index in [1.165, 1.54) is 0 Å². The number of amides is 2. The highest BCUT2D eigenvalue weighted by Gasteiger charge is 2.55. The van der Waals surface area contributed by atoms with E-state index in [-0.39, 0.29) is 24.9 Å². The van der Waals surface area contributed by atoms with Crippen molar-refractivity contribution >= 4 is 23.6 Å². The predicted molar refractivity (Wildman–Crippen MR) is 111 cm³/mol. The van der Waals surface area contributed by atoms with E-state index < -0.39 is 35.9 Å². The average Bonchev–Trinajstić information content (AvgIpc) is 2.77. The molecule has 4 heterocycles. The first kappa shape index (κ1) is 22.7. The van der Waals surface area contributed by atoms with E-state index in [4.69, 9.17) is 5.73 Å². The Hall–Kier alpha value is -3.44. The van der Waals surface area contributed by atoms with Crippen LogP contribution in [0, 0.1) is 5.82 Å². The number of piperidine rings is 1. The Labute approximate surface area is 186 Å². The van der Waals surface area contributed by atoms with Gasteiger partial charge in [0.15, 0.2) is 11.6 Å². The maximum Gasteiger partial charge on any atom is 0.471 e. The van der Waals surface area contributed by atoms with E-state index in [9.17, 15) is 27.2 Å². The lowest BCUT2D eigenvalue weighted by Gasteiger charge is -2.56. The van der Waals surface area contributed by atoms with Gasteiger partial charge in [0.05, 0.1) is 18.3 Å². The smallest absolute Gasteiger partial charge is 0.366 e. The zero-order valence-corrected chi connectivity index (χ0v) is 17.7. The van der Waals surface area contributed by atoms with E-state index in [1.807, 2.05) is 6.92 Å². The Balaban J connectivity index is 1.46. The molecule has 0 radical (unpaired) electrons. The molecule has 1 aromatic carbocycles. The number of benzene rings is 1. The molecule has 5 rings (SSSR count). The van der Waals surface area contributed by atoms with E-state index in [2.05, 4.69) is 15.3 Å². The quantitative estimate of drug-likeness (QED) is 0.633. The molecule has 33 heavy (non-hydrogen) atoms. The number of aromatic nitrogens is 2. The Kier molecular flexibility index (Phi) is 5.85. The van der Waals surface area contributed by atoms with Crippen LogP contribution in [0.1, 0.15) is 34.8 Å². The third kappa shape index (κ3) is 4.41. The molecule has 1 aromatic heterocycles. The number of primary amides is 1. The maximum atomic E-state index is 14.4. The lowest BCUT2D eigenvalue weighted by Crippen LogP contribution is -2.72. The molecule has 2 amide bonds. The first-order valence-electron chi connectivity index (χ1n) is 10.4. The fraction of sp³-hybridized carbons (Fsp3) is 0.429. The van der Waals surface area contributed by atoms with E-state index in [0.717, 1.165) is 22.2 Å². The lowest BCUT2D eigenvalue weighted by molar-refractivity contribution is -0.199. The van der Waals surface area contributed by atoms with Crippen LogP contribution in [0.25, 0.3) is 0 Å². The van der Waals surface area contributed by atoms with Crippen molar-refractivity contribution in [3.05, 3.63) is 46.9 Å². The molecular weight excluding hydrogens is 444 g/mol. The normalized spacial score (nSPS) is 19.8. The molecule has 3 N–H and O–H groups in total. The van der Waals surface area contributed by atoms with Gasteiger partial charge in [-0.2, -0.15) is 18.2 Å². The minimum atomic E-state index is -4.93. The van der Waals surface area contributed by atoms with Crippen molar-refractivity contribution in [2.75, 3.05) is 23.3 Å². The predicted octanol–water partition coefficient (Wildman–Crippen LogP) is 2.24. The fourth-order valence-corrected chi connectivity index (χ4v) is 4.38. The monoisotopic (exact) mass is 466 g/mol. The summed E-state index contributed by atoms with van der Waals surface area (Å²) in [6.07, 6.45) is -2.82. The third-order valence-corrected chi connectivity index (χ3v) is 6.00. The van der Waals surface area contributed by atoms with Crippen LogP contribution in [0.5, 0.6) is 0 Å². The molecule has 2 bridgehead atoms. The van der Waals surface area contributed by atoms with Crippen LogP contribution in [0.4, 0.5) is 29.3 Å². The number of nitrogens with one attached hydrogen (secondary N) is 1. The number of nitrogens with zero attached hydrogens (tertiary/aromatic N) is 4. The van der Waals surface area contributed by atoms with Crippen molar-refractivity contribution in [1.29, 1.82) is 0 Å². The SMILES string of the molecule is CCc1cc(C(N)=O)ccc1CNc1ncc(F)c(N2CC3CC(C2)N3C(=O)C(F)(F)F)n1.